The molecule has 0 amide bonds. The second-order valence-electron chi connectivity index (χ2n) is 4.94. The maximum atomic E-state index is 12.8. The average Bonchev–Trinajstić information content (AvgIpc) is 2.86. The summed E-state index contributed by atoms with van der Waals surface area (Å²) >= 11 is 5.95. The number of nitrogens with zero attached hydrogens (tertiary/aromatic N) is 1. The number of hydrogen-bond acceptors (Lipinski definition) is 3. The third-order valence-corrected chi connectivity index (χ3v) is 5.79. The number of aromatic hydroxyl groups is 1. The van der Waals surface area contributed by atoms with Crippen LogP contribution in [0.1, 0.15) is 11.5 Å². The van der Waals surface area contributed by atoms with Crippen molar-refractivity contribution in [1.82, 2.24) is 0 Å². The van der Waals surface area contributed by atoms with Gasteiger partial charge in [-0.3, -0.25) is 4.31 Å². The Kier molecular flexibility index (Phi) is 3.55. The first kappa shape index (κ1) is 14.2. The predicted octanol–water partition coefficient (Wildman–Crippen LogP) is 2.92. The topological polar surface area (TPSA) is 57.6 Å². The molecule has 21 heavy (non-hydrogen) atoms. The van der Waals surface area contributed by atoms with Gasteiger partial charge in [0.2, 0.25) is 0 Å². The molecule has 6 heteroatoms. The van der Waals surface area contributed by atoms with Crippen LogP contribution in [0.15, 0.2) is 53.4 Å². The van der Waals surface area contributed by atoms with E-state index in [2.05, 4.69) is 0 Å². The number of phenols is 1. The largest absolute Gasteiger partial charge is 0.508 e. The molecule has 3 rings (SSSR count). The van der Waals surface area contributed by atoms with Gasteiger partial charge in [-0.25, -0.2) is 8.42 Å². The Hall–Kier alpha value is -1.72. The first-order valence-corrected chi connectivity index (χ1v) is 8.48. The molecule has 0 aliphatic carbocycles. The Balaban J connectivity index is 2.11. The van der Waals surface area contributed by atoms with Crippen LogP contribution in [0.5, 0.6) is 5.75 Å². The van der Waals surface area contributed by atoms with E-state index in [0.717, 1.165) is 5.56 Å². The van der Waals surface area contributed by atoms with E-state index in [4.69, 9.17) is 11.6 Å². The molecule has 0 saturated carbocycles. The number of phenolic OH excluding ortho intramolecular Hbond substituents is 1. The van der Waals surface area contributed by atoms with Gasteiger partial charge in [0.15, 0.2) is 0 Å². The van der Waals surface area contributed by atoms with Gasteiger partial charge in [0.25, 0.3) is 10.0 Å². The lowest BCUT2D eigenvalue weighted by atomic mass is 10.0. The molecule has 0 saturated heterocycles. The van der Waals surface area contributed by atoms with Gasteiger partial charge < -0.3 is 5.11 Å². The average molecular weight is 324 g/mol. The molecule has 0 aromatic heterocycles. The molecule has 2 aromatic carbocycles. The Morgan fingerprint density at radius 3 is 2.57 bits per heavy atom. The summed E-state index contributed by atoms with van der Waals surface area (Å²) < 4.78 is 26.9. The van der Waals surface area contributed by atoms with Crippen molar-refractivity contribution in [3.8, 4) is 5.75 Å². The quantitative estimate of drug-likeness (QED) is 0.884. The van der Waals surface area contributed by atoms with Crippen LogP contribution < -0.4 is 4.31 Å². The molecule has 110 valence electrons. The van der Waals surface area contributed by atoms with Gasteiger partial charge in [-0.15, -0.1) is 11.6 Å². The van der Waals surface area contributed by atoms with E-state index in [9.17, 15) is 13.5 Å². The van der Waals surface area contributed by atoms with Gasteiger partial charge in [-0.1, -0.05) is 24.3 Å². The molecule has 1 aliphatic heterocycles. The Labute approximate surface area is 128 Å². The zero-order chi connectivity index (χ0) is 15.0. The van der Waals surface area contributed by atoms with Gasteiger partial charge >= 0.3 is 0 Å². The van der Waals surface area contributed by atoms with Gasteiger partial charge in [0.1, 0.15) is 5.75 Å². The fourth-order valence-corrected chi connectivity index (χ4v) is 4.38. The van der Waals surface area contributed by atoms with Crippen molar-refractivity contribution < 1.29 is 13.5 Å². The van der Waals surface area contributed by atoms with Crippen LogP contribution in [0.2, 0.25) is 0 Å². The van der Waals surface area contributed by atoms with Gasteiger partial charge in [-0.2, -0.15) is 0 Å². The fraction of sp³-hybridized carbons (Fsp3) is 0.200. The molecule has 1 unspecified atom stereocenters. The fourth-order valence-electron chi connectivity index (χ4n) is 2.57. The van der Waals surface area contributed by atoms with Crippen LogP contribution in [0.25, 0.3) is 0 Å². The lowest BCUT2D eigenvalue weighted by Gasteiger charge is -2.20. The van der Waals surface area contributed by atoms with Gasteiger partial charge in [0, 0.05) is 24.4 Å². The van der Waals surface area contributed by atoms with Crippen molar-refractivity contribution in [1.29, 1.82) is 0 Å². The van der Waals surface area contributed by atoms with Crippen molar-refractivity contribution in [3.05, 3.63) is 54.1 Å². The number of anilines is 1. The summed E-state index contributed by atoms with van der Waals surface area (Å²) in [5.74, 6) is 0.302. The molecule has 1 aliphatic rings. The molecule has 1 heterocycles. The maximum Gasteiger partial charge on any atom is 0.264 e. The van der Waals surface area contributed by atoms with E-state index in [1.807, 2.05) is 0 Å². The standard InChI is InChI=1S/C15H14ClNO3S/c16-9-11-10-17(15-8-12(18)6-7-14(11)15)21(19,20)13-4-2-1-3-5-13/h1-8,11,18H,9-10H2. The minimum absolute atomic E-state index is 0.0391. The van der Waals surface area contributed by atoms with Crippen molar-refractivity contribution in [2.75, 3.05) is 16.7 Å². The summed E-state index contributed by atoms with van der Waals surface area (Å²) in [6.07, 6.45) is 0. The first-order chi connectivity index (χ1) is 10.0. The highest BCUT2D eigenvalue weighted by molar-refractivity contribution is 7.92. The van der Waals surface area contributed by atoms with Gasteiger partial charge in [0.05, 0.1) is 10.6 Å². The SMILES string of the molecule is O=S(=O)(c1ccccc1)N1CC(CCl)c2ccc(O)cc21. The van der Waals surface area contributed by atoms with Crippen LogP contribution in [-0.4, -0.2) is 25.9 Å². The summed E-state index contributed by atoms with van der Waals surface area (Å²) in [4.78, 5) is 0.231. The lowest BCUT2D eigenvalue weighted by molar-refractivity contribution is 0.475. The Morgan fingerprint density at radius 2 is 1.90 bits per heavy atom. The van der Waals surface area contributed by atoms with Crippen LogP contribution in [0.4, 0.5) is 5.69 Å². The van der Waals surface area contributed by atoms with Crippen LogP contribution in [0.3, 0.4) is 0 Å². The monoisotopic (exact) mass is 323 g/mol. The highest BCUT2D eigenvalue weighted by Crippen LogP contribution is 2.41. The molecular formula is C15H14ClNO3S. The summed E-state index contributed by atoms with van der Waals surface area (Å²) in [6.45, 7) is 0.291. The van der Waals surface area contributed by atoms with Crippen molar-refractivity contribution in [2.45, 2.75) is 10.8 Å². The normalized spacial score (nSPS) is 17.8. The van der Waals surface area contributed by atoms with E-state index < -0.39 is 10.0 Å². The number of halogens is 1. The summed E-state index contributed by atoms with van der Waals surface area (Å²) in [5.41, 5.74) is 1.35. The molecule has 0 bridgehead atoms. The number of benzene rings is 2. The molecule has 2 aromatic rings. The zero-order valence-electron chi connectivity index (χ0n) is 11.1. The highest BCUT2D eigenvalue weighted by Gasteiger charge is 2.36. The smallest absolute Gasteiger partial charge is 0.264 e. The van der Waals surface area contributed by atoms with E-state index in [1.165, 1.54) is 10.4 Å². The third kappa shape index (κ3) is 2.36. The number of fused-ring (bicyclic) bond motifs is 1. The maximum absolute atomic E-state index is 12.8. The molecular weight excluding hydrogens is 310 g/mol. The van der Waals surface area contributed by atoms with E-state index in [1.54, 1.807) is 42.5 Å². The van der Waals surface area contributed by atoms with E-state index >= 15 is 0 Å². The molecule has 0 radical (unpaired) electrons. The lowest BCUT2D eigenvalue weighted by Crippen LogP contribution is -2.30. The van der Waals surface area contributed by atoms with Crippen molar-refractivity contribution in [2.24, 2.45) is 0 Å². The van der Waals surface area contributed by atoms with E-state index in [-0.39, 0.29) is 16.6 Å². The Bertz CT molecular complexity index is 762. The number of alkyl halides is 1. The number of sulfonamides is 1. The molecule has 0 spiro atoms. The highest BCUT2D eigenvalue weighted by atomic mass is 35.5. The second-order valence-corrected chi connectivity index (χ2v) is 7.11. The predicted molar refractivity (Wildman–Crippen MR) is 82.5 cm³/mol. The molecule has 1 atom stereocenters. The third-order valence-electron chi connectivity index (χ3n) is 3.63. The van der Waals surface area contributed by atoms with E-state index in [0.29, 0.717) is 18.1 Å². The van der Waals surface area contributed by atoms with Gasteiger partial charge in [-0.05, 0) is 23.8 Å². The molecule has 0 fully saturated rings. The van der Waals surface area contributed by atoms with Crippen LogP contribution in [0, 0.1) is 0 Å². The minimum atomic E-state index is -3.65. The molecule has 1 N–H and O–H groups in total. The second kappa shape index (κ2) is 5.24. The summed E-state index contributed by atoms with van der Waals surface area (Å²) in [6, 6.07) is 13.0. The van der Waals surface area contributed by atoms with Crippen molar-refractivity contribution >= 4 is 27.3 Å². The summed E-state index contributed by atoms with van der Waals surface area (Å²) in [5, 5.41) is 9.65. The van der Waals surface area contributed by atoms with Crippen molar-refractivity contribution in [3.63, 3.8) is 0 Å². The zero-order valence-corrected chi connectivity index (χ0v) is 12.7. The van der Waals surface area contributed by atoms with Crippen LogP contribution in [-0.2, 0) is 10.0 Å². The Morgan fingerprint density at radius 1 is 1.19 bits per heavy atom. The summed E-state index contributed by atoms with van der Waals surface area (Å²) in [7, 11) is -3.65. The van der Waals surface area contributed by atoms with Crippen LogP contribution >= 0.6 is 11.6 Å². The number of rotatable bonds is 3. The first-order valence-electron chi connectivity index (χ1n) is 6.50. The number of hydrogen-bond donors (Lipinski definition) is 1. The molecule has 4 nitrogen and oxygen atoms in total. The minimum Gasteiger partial charge on any atom is -0.508 e.